The number of halogens is 2. The molecule has 0 aliphatic rings. The van der Waals surface area contributed by atoms with Crippen LogP contribution in [0.4, 0.5) is 0 Å². The second kappa shape index (κ2) is 6.08. The molecule has 1 aromatic carbocycles. The van der Waals surface area contributed by atoms with Gasteiger partial charge in [0.25, 0.3) is 0 Å². The number of hydrogen-bond donors (Lipinski definition) is 3. The highest BCUT2D eigenvalue weighted by atomic mass is 79.9. The van der Waals surface area contributed by atoms with E-state index in [1.54, 1.807) is 0 Å². The molecular formula is C10H13BrClNO3. The molecule has 1 atom stereocenters. The molecule has 0 bridgehead atoms. The Morgan fingerprint density at radius 2 is 2.12 bits per heavy atom. The summed E-state index contributed by atoms with van der Waals surface area (Å²) in [5, 5.41) is 18.5. The predicted octanol–water partition coefficient (Wildman–Crippen LogP) is 2.68. The lowest BCUT2D eigenvalue weighted by molar-refractivity contribution is 0.0696. The SMILES string of the molecule is CC[C@H](N)c1cc(C(=O)O)cc(Br)c1O.Cl. The van der Waals surface area contributed by atoms with Gasteiger partial charge in [0.15, 0.2) is 0 Å². The van der Waals surface area contributed by atoms with E-state index in [0.29, 0.717) is 16.5 Å². The van der Waals surface area contributed by atoms with Crippen LogP contribution in [0.25, 0.3) is 0 Å². The van der Waals surface area contributed by atoms with Crippen LogP contribution in [0, 0.1) is 0 Å². The van der Waals surface area contributed by atoms with Gasteiger partial charge < -0.3 is 15.9 Å². The number of carbonyl (C=O) groups is 1. The first-order valence-electron chi connectivity index (χ1n) is 4.48. The number of carboxylic acids is 1. The maximum absolute atomic E-state index is 10.8. The summed E-state index contributed by atoms with van der Waals surface area (Å²) in [7, 11) is 0. The van der Waals surface area contributed by atoms with Gasteiger partial charge >= 0.3 is 5.97 Å². The lowest BCUT2D eigenvalue weighted by Crippen LogP contribution is -2.10. The molecule has 4 nitrogen and oxygen atoms in total. The smallest absolute Gasteiger partial charge is 0.335 e. The van der Waals surface area contributed by atoms with Crippen LogP contribution in [0.5, 0.6) is 5.75 Å². The number of phenols is 1. The van der Waals surface area contributed by atoms with Gasteiger partial charge in [-0.1, -0.05) is 6.92 Å². The molecule has 16 heavy (non-hydrogen) atoms. The first kappa shape index (κ1) is 15.2. The predicted molar refractivity (Wildman–Crippen MR) is 67.2 cm³/mol. The lowest BCUT2D eigenvalue weighted by Gasteiger charge is -2.13. The van der Waals surface area contributed by atoms with Crippen molar-refractivity contribution in [2.24, 2.45) is 5.73 Å². The zero-order valence-electron chi connectivity index (χ0n) is 8.61. The average molecular weight is 311 g/mol. The Hall–Kier alpha value is -0.780. The van der Waals surface area contributed by atoms with E-state index in [1.165, 1.54) is 12.1 Å². The van der Waals surface area contributed by atoms with Crippen molar-refractivity contribution in [3.8, 4) is 5.75 Å². The molecule has 0 fully saturated rings. The molecule has 0 saturated heterocycles. The topological polar surface area (TPSA) is 83.6 Å². The van der Waals surface area contributed by atoms with E-state index < -0.39 is 5.97 Å². The van der Waals surface area contributed by atoms with E-state index in [1.807, 2.05) is 6.92 Å². The van der Waals surface area contributed by atoms with E-state index in [2.05, 4.69) is 15.9 Å². The van der Waals surface area contributed by atoms with E-state index in [4.69, 9.17) is 10.8 Å². The Morgan fingerprint density at radius 3 is 2.56 bits per heavy atom. The van der Waals surface area contributed by atoms with Gasteiger partial charge in [-0.3, -0.25) is 0 Å². The van der Waals surface area contributed by atoms with Crippen molar-refractivity contribution in [2.75, 3.05) is 0 Å². The van der Waals surface area contributed by atoms with Crippen LogP contribution in [-0.4, -0.2) is 16.2 Å². The zero-order valence-corrected chi connectivity index (χ0v) is 11.0. The van der Waals surface area contributed by atoms with Crippen molar-refractivity contribution >= 4 is 34.3 Å². The summed E-state index contributed by atoms with van der Waals surface area (Å²) in [6, 6.07) is 2.39. The number of phenolic OH excluding ortho intramolecular Hbond substituents is 1. The lowest BCUT2D eigenvalue weighted by atomic mass is 10.0. The summed E-state index contributed by atoms with van der Waals surface area (Å²) >= 11 is 3.09. The number of hydrogen-bond acceptors (Lipinski definition) is 3. The van der Waals surface area contributed by atoms with Crippen molar-refractivity contribution in [3.63, 3.8) is 0 Å². The van der Waals surface area contributed by atoms with E-state index in [0.717, 1.165) is 0 Å². The Kier molecular flexibility index (Phi) is 5.78. The first-order valence-corrected chi connectivity index (χ1v) is 5.28. The van der Waals surface area contributed by atoms with Crippen molar-refractivity contribution in [3.05, 3.63) is 27.7 Å². The quantitative estimate of drug-likeness (QED) is 0.801. The average Bonchev–Trinajstić information content (AvgIpc) is 2.20. The summed E-state index contributed by atoms with van der Waals surface area (Å²) in [6.45, 7) is 1.87. The minimum Gasteiger partial charge on any atom is -0.506 e. The Bertz CT molecular complexity index is 398. The molecule has 0 spiro atoms. The molecular weight excluding hydrogens is 297 g/mol. The van der Waals surface area contributed by atoms with E-state index in [9.17, 15) is 9.90 Å². The molecule has 0 saturated carbocycles. The number of carboxylic acid groups (broad SMARTS) is 1. The fourth-order valence-electron chi connectivity index (χ4n) is 1.25. The molecule has 0 unspecified atom stereocenters. The van der Waals surface area contributed by atoms with Crippen LogP contribution >= 0.6 is 28.3 Å². The molecule has 0 radical (unpaired) electrons. The van der Waals surface area contributed by atoms with Gasteiger partial charge in [0.05, 0.1) is 10.0 Å². The summed E-state index contributed by atoms with van der Waals surface area (Å²) < 4.78 is 0.348. The standard InChI is InChI=1S/C10H12BrNO3.ClH/c1-2-8(12)6-3-5(10(14)15)4-7(11)9(6)13;/h3-4,8,13H,2,12H2,1H3,(H,14,15);1H/t8-;/m0./s1. The minimum absolute atomic E-state index is 0. The van der Waals surface area contributed by atoms with Crippen molar-refractivity contribution in [1.29, 1.82) is 0 Å². The normalized spacial score (nSPS) is 11.7. The molecule has 4 N–H and O–H groups in total. The molecule has 0 aliphatic carbocycles. The molecule has 0 heterocycles. The highest BCUT2D eigenvalue weighted by molar-refractivity contribution is 9.10. The molecule has 0 aromatic heterocycles. The van der Waals surface area contributed by atoms with Gasteiger partial charge in [0.1, 0.15) is 5.75 Å². The van der Waals surface area contributed by atoms with Crippen LogP contribution in [0.15, 0.2) is 16.6 Å². The summed E-state index contributed by atoms with van der Waals surface area (Å²) in [4.78, 5) is 10.8. The minimum atomic E-state index is -1.04. The van der Waals surface area contributed by atoms with Crippen molar-refractivity contribution in [1.82, 2.24) is 0 Å². The number of aromatic hydroxyl groups is 1. The van der Waals surface area contributed by atoms with Crippen molar-refractivity contribution in [2.45, 2.75) is 19.4 Å². The maximum atomic E-state index is 10.8. The van der Waals surface area contributed by atoms with Gasteiger partial charge in [-0.25, -0.2) is 4.79 Å². The second-order valence-corrected chi connectivity index (χ2v) is 4.07. The number of aromatic carboxylic acids is 1. The molecule has 90 valence electrons. The van der Waals surface area contributed by atoms with Gasteiger partial charge in [0.2, 0.25) is 0 Å². The van der Waals surface area contributed by atoms with Crippen LogP contribution in [0.2, 0.25) is 0 Å². The second-order valence-electron chi connectivity index (χ2n) is 3.22. The van der Waals surface area contributed by atoms with Crippen LogP contribution < -0.4 is 5.73 Å². The summed E-state index contributed by atoms with van der Waals surface area (Å²) in [6.07, 6.45) is 0.628. The first-order chi connectivity index (χ1) is 6.97. The van der Waals surface area contributed by atoms with Gasteiger partial charge in [-0.15, -0.1) is 12.4 Å². The van der Waals surface area contributed by atoms with E-state index >= 15 is 0 Å². The molecule has 6 heteroatoms. The molecule has 1 rings (SSSR count). The highest BCUT2D eigenvalue weighted by Crippen LogP contribution is 2.33. The number of nitrogens with two attached hydrogens (primary N) is 1. The molecule has 0 aliphatic heterocycles. The fraction of sp³-hybridized carbons (Fsp3) is 0.300. The fourth-order valence-corrected chi connectivity index (χ4v) is 1.72. The van der Waals surface area contributed by atoms with Crippen LogP contribution in [0.3, 0.4) is 0 Å². The maximum Gasteiger partial charge on any atom is 0.335 e. The summed E-state index contributed by atoms with van der Waals surface area (Å²) in [5.74, 6) is -1.03. The highest BCUT2D eigenvalue weighted by Gasteiger charge is 2.15. The third kappa shape index (κ3) is 3.10. The molecule has 1 aromatic rings. The number of benzene rings is 1. The number of rotatable bonds is 3. The van der Waals surface area contributed by atoms with Crippen molar-refractivity contribution < 1.29 is 15.0 Å². The Labute approximate surface area is 108 Å². The molecule has 0 amide bonds. The Balaban J connectivity index is 0.00000225. The van der Waals surface area contributed by atoms with Gasteiger partial charge in [-0.2, -0.15) is 0 Å². The largest absolute Gasteiger partial charge is 0.506 e. The zero-order chi connectivity index (χ0) is 11.6. The monoisotopic (exact) mass is 309 g/mol. The van der Waals surface area contributed by atoms with Crippen LogP contribution in [0.1, 0.15) is 35.3 Å². The van der Waals surface area contributed by atoms with Gasteiger partial charge in [-0.05, 0) is 34.5 Å². The van der Waals surface area contributed by atoms with E-state index in [-0.39, 0.29) is 29.8 Å². The third-order valence-electron chi connectivity index (χ3n) is 2.18. The third-order valence-corrected chi connectivity index (χ3v) is 2.78. The summed E-state index contributed by atoms with van der Waals surface area (Å²) in [5.41, 5.74) is 6.32. The Morgan fingerprint density at radius 1 is 1.56 bits per heavy atom. The van der Waals surface area contributed by atoms with Crippen LogP contribution in [-0.2, 0) is 0 Å². The van der Waals surface area contributed by atoms with Gasteiger partial charge in [0, 0.05) is 11.6 Å².